The van der Waals surface area contributed by atoms with E-state index in [-0.39, 0.29) is 5.91 Å². The first-order valence-electron chi connectivity index (χ1n) is 10.1. The SMILES string of the molecule is O=C(c1cn(CCN2CCNCC2)nn1)N1CCC(c2cccc(O)c2)CC1. The molecule has 0 atom stereocenters. The molecule has 2 fully saturated rings. The van der Waals surface area contributed by atoms with Gasteiger partial charge in [-0.15, -0.1) is 5.10 Å². The average molecular weight is 384 g/mol. The third-order valence-corrected chi connectivity index (χ3v) is 5.74. The number of phenols is 1. The van der Waals surface area contributed by atoms with Crippen LogP contribution >= 0.6 is 0 Å². The average Bonchev–Trinajstić information content (AvgIpc) is 3.22. The minimum absolute atomic E-state index is 0.0391. The number of carbonyl (C=O) groups is 1. The van der Waals surface area contributed by atoms with Crippen LogP contribution in [0.4, 0.5) is 0 Å². The molecule has 4 rings (SSSR count). The normalized spacial score (nSPS) is 19.1. The second kappa shape index (κ2) is 8.70. The Balaban J connectivity index is 1.28. The Labute approximate surface area is 165 Å². The highest BCUT2D eigenvalue weighted by atomic mass is 16.3. The topological polar surface area (TPSA) is 86.5 Å². The summed E-state index contributed by atoms with van der Waals surface area (Å²) in [6, 6.07) is 7.44. The van der Waals surface area contributed by atoms with Crippen molar-refractivity contribution in [2.45, 2.75) is 25.3 Å². The molecule has 0 radical (unpaired) electrons. The minimum Gasteiger partial charge on any atom is -0.508 e. The van der Waals surface area contributed by atoms with E-state index in [1.54, 1.807) is 16.9 Å². The molecule has 8 heteroatoms. The Morgan fingerprint density at radius 3 is 2.68 bits per heavy atom. The maximum Gasteiger partial charge on any atom is 0.276 e. The van der Waals surface area contributed by atoms with Gasteiger partial charge in [-0.1, -0.05) is 17.3 Å². The van der Waals surface area contributed by atoms with Gasteiger partial charge in [-0.2, -0.15) is 0 Å². The maximum absolute atomic E-state index is 12.8. The molecule has 0 unspecified atom stereocenters. The van der Waals surface area contributed by atoms with Gasteiger partial charge in [-0.3, -0.25) is 14.4 Å². The van der Waals surface area contributed by atoms with Gasteiger partial charge in [0.2, 0.25) is 0 Å². The number of nitrogens with one attached hydrogen (secondary N) is 1. The van der Waals surface area contributed by atoms with Gasteiger partial charge in [0.05, 0.1) is 12.7 Å². The third kappa shape index (κ3) is 4.51. The summed E-state index contributed by atoms with van der Waals surface area (Å²) >= 11 is 0. The first-order valence-corrected chi connectivity index (χ1v) is 10.1. The number of hydrogen-bond donors (Lipinski definition) is 2. The fourth-order valence-corrected chi connectivity index (χ4v) is 4.04. The van der Waals surface area contributed by atoms with Crippen LogP contribution in [0.2, 0.25) is 0 Å². The second-order valence-electron chi connectivity index (χ2n) is 7.62. The van der Waals surface area contributed by atoms with Gasteiger partial charge in [-0.05, 0) is 36.5 Å². The Kier molecular flexibility index (Phi) is 5.87. The van der Waals surface area contributed by atoms with E-state index in [1.807, 2.05) is 23.1 Å². The minimum atomic E-state index is -0.0391. The van der Waals surface area contributed by atoms with E-state index in [0.717, 1.165) is 57.7 Å². The highest BCUT2D eigenvalue weighted by Gasteiger charge is 2.26. The van der Waals surface area contributed by atoms with Crippen molar-refractivity contribution in [2.24, 2.45) is 0 Å². The lowest BCUT2D eigenvalue weighted by atomic mass is 9.89. The lowest BCUT2D eigenvalue weighted by molar-refractivity contribution is 0.0707. The van der Waals surface area contributed by atoms with Gasteiger partial charge in [-0.25, -0.2) is 0 Å². The monoisotopic (exact) mass is 384 g/mol. The van der Waals surface area contributed by atoms with Gasteiger partial charge in [0, 0.05) is 45.8 Å². The molecule has 150 valence electrons. The zero-order valence-electron chi connectivity index (χ0n) is 16.1. The molecule has 1 aromatic carbocycles. The molecule has 1 aromatic heterocycles. The molecule has 1 amide bonds. The van der Waals surface area contributed by atoms with Crippen LogP contribution in [0, 0.1) is 0 Å². The van der Waals surface area contributed by atoms with Crippen LogP contribution in [-0.2, 0) is 6.54 Å². The zero-order chi connectivity index (χ0) is 19.3. The molecule has 8 nitrogen and oxygen atoms in total. The molecule has 0 saturated carbocycles. The molecular formula is C20H28N6O2. The quantitative estimate of drug-likeness (QED) is 0.797. The predicted molar refractivity (Wildman–Crippen MR) is 105 cm³/mol. The van der Waals surface area contributed by atoms with Gasteiger partial charge < -0.3 is 15.3 Å². The van der Waals surface area contributed by atoms with Crippen molar-refractivity contribution in [1.82, 2.24) is 30.1 Å². The van der Waals surface area contributed by atoms with Crippen molar-refractivity contribution in [3.05, 3.63) is 41.7 Å². The Bertz CT molecular complexity index is 793. The van der Waals surface area contributed by atoms with Crippen molar-refractivity contribution in [1.29, 1.82) is 0 Å². The molecule has 3 heterocycles. The molecule has 0 aliphatic carbocycles. The Hall–Kier alpha value is -2.45. The lowest BCUT2D eigenvalue weighted by Gasteiger charge is -2.31. The number of carbonyl (C=O) groups excluding carboxylic acids is 1. The van der Waals surface area contributed by atoms with Crippen LogP contribution in [0.1, 0.15) is 34.8 Å². The molecule has 2 aliphatic heterocycles. The highest BCUT2D eigenvalue weighted by Crippen LogP contribution is 2.30. The van der Waals surface area contributed by atoms with Crippen molar-refractivity contribution < 1.29 is 9.90 Å². The number of piperazine rings is 1. The maximum atomic E-state index is 12.8. The van der Waals surface area contributed by atoms with E-state index in [1.165, 1.54) is 0 Å². The molecular weight excluding hydrogens is 356 g/mol. The Morgan fingerprint density at radius 1 is 1.14 bits per heavy atom. The van der Waals surface area contributed by atoms with Crippen molar-refractivity contribution in [3.63, 3.8) is 0 Å². The van der Waals surface area contributed by atoms with E-state index in [9.17, 15) is 9.90 Å². The summed E-state index contributed by atoms with van der Waals surface area (Å²) in [7, 11) is 0. The number of amides is 1. The van der Waals surface area contributed by atoms with Gasteiger partial charge in [0.1, 0.15) is 5.75 Å². The zero-order valence-corrected chi connectivity index (χ0v) is 16.1. The number of nitrogens with zero attached hydrogens (tertiary/aromatic N) is 5. The predicted octanol–water partition coefficient (Wildman–Crippen LogP) is 0.909. The van der Waals surface area contributed by atoms with Crippen molar-refractivity contribution in [2.75, 3.05) is 45.8 Å². The number of aromatic nitrogens is 3. The Morgan fingerprint density at radius 2 is 1.93 bits per heavy atom. The van der Waals surface area contributed by atoms with E-state index in [2.05, 4.69) is 20.5 Å². The smallest absolute Gasteiger partial charge is 0.276 e. The molecule has 2 aliphatic rings. The second-order valence-corrected chi connectivity index (χ2v) is 7.62. The van der Waals surface area contributed by atoms with Gasteiger partial charge in [0.15, 0.2) is 5.69 Å². The molecule has 0 bridgehead atoms. The van der Waals surface area contributed by atoms with Crippen LogP contribution in [0.3, 0.4) is 0 Å². The summed E-state index contributed by atoms with van der Waals surface area (Å²) in [5.41, 5.74) is 1.57. The largest absolute Gasteiger partial charge is 0.508 e. The van der Waals surface area contributed by atoms with E-state index in [4.69, 9.17) is 0 Å². The number of likely N-dealkylation sites (tertiary alicyclic amines) is 1. The number of hydrogen-bond acceptors (Lipinski definition) is 6. The highest BCUT2D eigenvalue weighted by molar-refractivity contribution is 5.92. The molecule has 2 aromatic rings. The number of piperidine rings is 1. The van der Waals surface area contributed by atoms with Crippen molar-refractivity contribution >= 4 is 5.91 Å². The summed E-state index contributed by atoms with van der Waals surface area (Å²) in [5, 5.41) is 21.3. The summed E-state index contributed by atoms with van der Waals surface area (Å²) in [6.07, 6.45) is 3.56. The molecule has 0 spiro atoms. The van der Waals surface area contributed by atoms with E-state index in [0.29, 0.717) is 30.5 Å². The fraction of sp³-hybridized carbons (Fsp3) is 0.550. The van der Waals surface area contributed by atoms with Crippen LogP contribution < -0.4 is 5.32 Å². The number of aromatic hydroxyl groups is 1. The third-order valence-electron chi connectivity index (χ3n) is 5.74. The summed E-state index contributed by atoms with van der Waals surface area (Å²) in [6.45, 7) is 7.23. The van der Waals surface area contributed by atoms with E-state index >= 15 is 0 Å². The van der Waals surface area contributed by atoms with Gasteiger partial charge in [0.25, 0.3) is 5.91 Å². The lowest BCUT2D eigenvalue weighted by Crippen LogP contribution is -2.44. The van der Waals surface area contributed by atoms with Crippen LogP contribution in [0.25, 0.3) is 0 Å². The molecule has 28 heavy (non-hydrogen) atoms. The number of rotatable bonds is 5. The fourth-order valence-electron chi connectivity index (χ4n) is 4.04. The first-order chi connectivity index (χ1) is 13.7. The standard InChI is InChI=1S/C20H28N6O2/c27-18-3-1-2-17(14-18)16-4-8-25(9-5-16)20(28)19-15-26(23-22-19)13-12-24-10-6-21-7-11-24/h1-3,14-16,21,27H,4-13H2. The number of benzene rings is 1. The summed E-state index contributed by atoms with van der Waals surface area (Å²) < 4.78 is 1.77. The first kappa shape index (κ1) is 18.9. The number of phenolic OH excluding ortho intramolecular Hbond substituents is 1. The summed E-state index contributed by atoms with van der Waals surface area (Å²) in [4.78, 5) is 17.0. The van der Waals surface area contributed by atoms with Crippen molar-refractivity contribution in [3.8, 4) is 5.75 Å². The van der Waals surface area contributed by atoms with E-state index < -0.39 is 0 Å². The van der Waals surface area contributed by atoms with Crippen LogP contribution in [0.5, 0.6) is 5.75 Å². The van der Waals surface area contributed by atoms with Crippen LogP contribution in [0.15, 0.2) is 30.5 Å². The van der Waals surface area contributed by atoms with Crippen LogP contribution in [-0.4, -0.2) is 81.6 Å². The molecule has 2 saturated heterocycles. The summed E-state index contributed by atoms with van der Waals surface area (Å²) in [5.74, 6) is 0.641. The van der Waals surface area contributed by atoms with Gasteiger partial charge >= 0.3 is 0 Å². The molecule has 2 N–H and O–H groups in total.